The van der Waals surface area contributed by atoms with Gasteiger partial charge in [-0.15, -0.1) is 34.4 Å². The highest BCUT2D eigenvalue weighted by Gasteiger charge is 2.18. The lowest BCUT2D eigenvalue weighted by molar-refractivity contribution is -0.115. The average molecular weight is 645 g/mol. The molecule has 0 aliphatic carbocycles. The van der Waals surface area contributed by atoms with Crippen LogP contribution in [0.5, 0.6) is 0 Å². The number of thiazole rings is 1. The first-order chi connectivity index (χ1) is 20.8. The van der Waals surface area contributed by atoms with Gasteiger partial charge in [0.15, 0.2) is 5.13 Å². The van der Waals surface area contributed by atoms with Crippen LogP contribution in [0.1, 0.15) is 22.8 Å². The third kappa shape index (κ3) is 8.42. The number of carbonyl (C=O) groups is 3. The maximum Gasteiger partial charge on any atom is 0.272 e. The first-order valence-corrected chi connectivity index (χ1v) is 16.1. The minimum atomic E-state index is -0.502. The Morgan fingerprint density at radius 1 is 0.907 bits per heavy atom. The van der Waals surface area contributed by atoms with Gasteiger partial charge in [0.2, 0.25) is 5.91 Å². The quantitative estimate of drug-likeness (QED) is 0.105. The van der Waals surface area contributed by atoms with Crippen LogP contribution in [0.2, 0.25) is 5.02 Å². The van der Waals surface area contributed by atoms with Crippen molar-refractivity contribution in [2.24, 2.45) is 0 Å². The Bertz CT molecular complexity index is 1750. The number of carbonyl (C=O) groups excluding carboxylic acids is 3. The van der Waals surface area contributed by atoms with Crippen molar-refractivity contribution in [2.75, 3.05) is 10.6 Å². The summed E-state index contributed by atoms with van der Waals surface area (Å²) in [4.78, 5) is 45.5. The molecule has 216 valence electrons. The molecule has 0 aliphatic rings. The zero-order valence-corrected chi connectivity index (χ0v) is 25.9. The van der Waals surface area contributed by atoms with Crippen molar-refractivity contribution in [3.05, 3.63) is 124 Å². The molecule has 43 heavy (non-hydrogen) atoms. The van der Waals surface area contributed by atoms with Gasteiger partial charge in [0.05, 0.1) is 15.8 Å². The van der Waals surface area contributed by atoms with Crippen molar-refractivity contribution in [1.29, 1.82) is 0 Å². The van der Waals surface area contributed by atoms with Gasteiger partial charge in [-0.25, -0.2) is 4.98 Å². The number of nitrogens with one attached hydrogen (secondary N) is 3. The highest BCUT2D eigenvalue weighted by molar-refractivity contribution is 8.00. The molecular weight excluding hydrogens is 620 g/mol. The molecule has 5 aromatic rings. The molecule has 2 heterocycles. The SMILES string of the molecule is CC(Sc1cccc(NC(=O)/C(=C/c2ccc(Cl)cc2)NC(=O)c2ccccc2)c1)C(=O)Nc1nc(-c2cccs2)cs1. The summed E-state index contributed by atoms with van der Waals surface area (Å²) in [5.41, 5.74) is 2.52. The maximum atomic E-state index is 13.4. The Kier molecular flexibility index (Phi) is 10.1. The number of halogens is 1. The smallest absolute Gasteiger partial charge is 0.272 e. The van der Waals surface area contributed by atoms with Gasteiger partial charge in [-0.05, 0) is 72.5 Å². The Morgan fingerprint density at radius 2 is 1.70 bits per heavy atom. The monoisotopic (exact) mass is 644 g/mol. The maximum absolute atomic E-state index is 13.4. The molecule has 0 saturated heterocycles. The molecular formula is C32H25ClN4O3S3. The van der Waals surface area contributed by atoms with Crippen LogP contribution in [0.25, 0.3) is 16.6 Å². The third-order valence-electron chi connectivity index (χ3n) is 5.99. The van der Waals surface area contributed by atoms with Gasteiger partial charge in [-0.1, -0.05) is 54.1 Å². The molecule has 1 unspecified atom stereocenters. The zero-order valence-electron chi connectivity index (χ0n) is 22.7. The molecule has 7 nitrogen and oxygen atoms in total. The number of rotatable bonds is 10. The lowest BCUT2D eigenvalue weighted by Crippen LogP contribution is -2.30. The lowest BCUT2D eigenvalue weighted by Gasteiger charge is -2.13. The first kappa shape index (κ1) is 30.2. The van der Waals surface area contributed by atoms with Gasteiger partial charge in [-0.2, -0.15) is 0 Å². The van der Waals surface area contributed by atoms with Crippen LogP contribution in [0.3, 0.4) is 0 Å². The van der Waals surface area contributed by atoms with Gasteiger partial charge in [0.25, 0.3) is 11.8 Å². The van der Waals surface area contributed by atoms with Crippen molar-refractivity contribution in [1.82, 2.24) is 10.3 Å². The fraction of sp³-hybridized carbons (Fsp3) is 0.0625. The second kappa shape index (κ2) is 14.3. The molecule has 0 bridgehead atoms. The summed E-state index contributed by atoms with van der Waals surface area (Å²) < 4.78 is 0. The Labute approximate surface area is 266 Å². The van der Waals surface area contributed by atoms with Crippen LogP contribution in [-0.2, 0) is 9.59 Å². The van der Waals surface area contributed by atoms with E-state index in [1.54, 1.807) is 84.1 Å². The van der Waals surface area contributed by atoms with Crippen LogP contribution in [0, 0.1) is 0 Å². The topological polar surface area (TPSA) is 100 Å². The molecule has 0 spiro atoms. The van der Waals surface area contributed by atoms with Crippen molar-refractivity contribution in [2.45, 2.75) is 17.1 Å². The standard InChI is InChI=1S/C32H25ClN4O3S3/c1-20(29(38)37-32-36-27(19-42-32)28-11-6-16-41-28)43-25-10-5-9-24(18-25)34-31(40)26(17-21-12-14-23(33)15-13-21)35-30(39)22-7-3-2-4-8-22/h2-20H,1H3,(H,34,40)(H,35,39)(H,36,37,38)/b26-17-. The number of thioether (sulfide) groups is 1. The number of hydrogen-bond acceptors (Lipinski definition) is 7. The van der Waals surface area contributed by atoms with Crippen molar-refractivity contribution in [3.63, 3.8) is 0 Å². The Balaban J connectivity index is 1.26. The van der Waals surface area contributed by atoms with E-state index in [4.69, 9.17) is 11.6 Å². The number of anilines is 2. The average Bonchev–Trinajstić information content (AvgIpc) is 3.71. The molecule has 1 atom stereocenters. The Morgan fingerprint density at radius 3 is 2.44 bits per heavy atom. The van der Waals surface area contributed by atoms with Crippen LogP contribution < -0.4 is 16.0 Å². The summed E-state index contributed by atoms with van der Waals surface area (Å²) in [5.74, 6) is -1.09. The lowest BCUT2D eigenvalue weighted by atomic mass is 10.1. The molecule has 0 fully saturated rings. The van der Waals surface area contributed by atoms with E-state index in [1.807, 2.05) is 41.9 Å². The largest absolute Gasteiger partial charge is 0.321 e. The highest BCUT2D eigenvalue weighted by atomic mass is 35.5. The molecule has 3 aromatic carbocycles. The summed E-state index contributed by atoms with van der Waals surface area (Å²) in [6, 6.07) is 26.7. The van der Waals surface area contributed by atoms with Gasteiger partial charge in [0, 0.05) is 26.5 Å². The van der Waals surface area contributed by atoms with E-state index in [0.717, 1.165) is 15.5 Å². The second-order valence-corrected chi connectivity index (χ2v) is 12.8. The van der Waals surface area contributed by atoms with Gasteiger partial charge >= 0.3 is 0 Å². The summed E-state index contributed by atoms with van der Waals surface area (Å²) in [7, 11) is 0. The van der Waals surface area contributed by atoms with E-state index in [0.29, 0.717) is 27.0 Å². The number of amides is 3. The van der Waals surface area contributed by atoms with Gasteiger partial charge < -0.3 is 16.0 Å². The summed E-state index contributed by atoms with van der Waals surface area (Å²) in [5, 5.41) is 13.1. The number of hydrogen-bond donors (Lipinski definition) is 3. The Hall–Kier alpha value is -4.22. The van der Waals surface area contributed by atoms with Crippen LogP contribution in [0.4, 0.5) is 10.8 Å². The molecule has 5 rings (SSSR count). The number of aromatic nitrogens is 1. The third-order valence-corrected chi connectivity index (χ3v) is 8.99. The van der Waals surface area contributed by atoms with E-state index >= 15 is 0 Å². The predicted molar refractivity (Wildman–Crippen MR) is 178 cm³/mol. The van der Waals surface area contributed by atoms with Crippen molar-refractivity contribution < 1.29 is 14.4 Å². The van der Waals surface area contributed by atoms with Crippen molar-refractivity contribution in [3.8, 4) is 10.6 Å². The fourth-order valence-corrected chi connectivity index (χ4v) is 6.37. The van der Waals surface area contributed by atoms with Crippen LogP contribution in [-0.4, -0.2) is 28.0 Å². The first-order valence-electron chi connectivity index (χ1n) is 13.1. The molecule has 3 N–H and O–H groups in total. The molecule has 0 radical (unpaired) electrons. The van der Waals surface area contributed by atoms with E-state index < -0.39 is 17.1 Å². The number of thiophene rings is 1. The number of nitrogens with zero attached hydrogens (tertiary/aromatic N) is 1. The van der Waals surface area contributed by atoms with Crippen molar-refractivity contribution >= 4 is 80.7 Å². The van der Waals surface area contributed by atoms with Gasteiger partial charge in [0.1, 0.15) is 5.70 Å². The fourth-order valence-electron chi connectivity index (χ4n) is 3.85. The van der Waals surface area contributed by atoms with Gasteiger partial charge in [-0.3, -0.25) is 14.4 Å². The summed E-state index contributed by atoms with van der Waals surface area (Å²) in [6.45, 7) is 1.81. The normalized spacial score (nSPS) is 11.9. The predicted octanol–water partition coefficient (Wildman–Crippen LogP) is 8.05. The zero-order chi connectivity index (χ0) is 30.2. The molecule has 11 heteroatoms. The molecule has 3 amide bonds. The minimum Gasteiger partial charge on any atom is -0.321 e. The van der Waals surface area contributed by atoms with Crippen LogP contribution >= 0.6 is 46.0 Å². The van der Waals surface area contributed by atoms with E-state index in [2.05, 4.69) is 20.9 Å². The van der Waals surface area contributed by atoms with E-state index in [-0.39, 0.29) is 11.6 Å². The summed E-state index contributed by atoms with van der Waals surface area (Å²) >= 11 is 10.3. The highest BCUT2D eigenvalue weighted by Crippen LogP contribution is 2.30. The molecule has 0 aliphatic heterocycles. The molecule has 0 saturated carbocycles. The van der Waals surface area contributed by atoms with E-state index in [1.165, 1.54) is 23.1 Å². The van der Waals surface area contributed by atoms with E-state index in [9.17, 15) is 14.4 Å². The minimum absolute atomic E-state index is 0.0624. The van der Waals surface area contributed by atoms with Crippen LogP contribution in [0.15, 0.2) is 112 Å². The summed E-state index contributed by atoms with van der Waals surface area (Å²) in [6.07, 6.45) is 1.58. The molecule has 2 aromatic heterocycles. The number of benzene rings is 3. The second-order valence-electron chi connectivity index (χ2n) is 9.18.